The van der Waals surface area contributed by atoms with Crippen LogP contribution in [-0.2, 0) is 26.1 Å². The molecular formula is C24H30N2O3. The average molecular weight is 395 g/mol. The van der Waals surface area contributed by atoms with Gasteiger partial charge < -0.3 is 14.6 Å². The molecule has 0 saturated carbocycles. The molecule has 5 nitrogen and oxygen atoms in total. The molecule has 0 unspecified atom stereocenters. The number of rotatable bonds is 4. The zero-order valence-corrected chi connectivity index (χ0v) is 17.0. The molecule has 1 N–H and O–H groups in total. The van der Waals surface area contributed by atoms with Crippen molar-refractivity contribution in [2.45, 2.75) is 45.0 Å². The minimum Gasteiger partial charge on any atom is -0.493 e. The molecule has 0 amide bonds. The molecule has 1 saturated heterocycles. The van der Waals surface area contributed by atoms with Gasteiger partial charge in [-0.15, -0.1) is 0 Å². The summed E-state index contributed by atoms with van der Waals surface area (Å²) in [6, 6.07) is 13.3. The summed E-state index contributed by atoms with van der Waals surface area (Å²) in [5.74, 6) is 2.07. The molecule has 0 aromatic heterocycles. The predicted octanol–water partition coefficient (Wildman–Crippen LogP) is 2.97. The van der Waals surface area contributed by atoms with E-state index in [1.165, 1.54) is 22.3 Å². The normalized spacial score (nSPS) is 20.4. The van der Waals surface area contributed by atoms with Gasteiger partial charge in [-0.1, -0.05) is 18.2 Å². The smallest absolute Gasteiger partial charge is 0.123 e. The van der Waals surface area contributed by atoms with Crippen LogP contribution < -0.4 is 9.47 Å². The van der Waals surface area contributed by atoms with E-state index in [1.807, 2.05) is 0 Å². The van der Waals surface area contributed by atoms with Crippen LogP contribution in [0.2, 0.25) is 0 Å². The Kier molecular flexibility index (Phi) is 5.44. The largest absolute Gasteiger partial charge is 0.493 e. The molecule has 5 rings (SSSR count). The molecule has 0 aliphatic carbocycles. The Labute approximate surface area is 172 Å². The molecule has 5 heteroatoms. The lowest BCUT2D eigenvalue weighted by Gasteiger charge is -2.29. The number of aliphatic hydroxyl groups is 1. The van der Waals surface area contributed by atoms with E-state index in [0.717, 1.165) is 83.2 Å². The standard InChI is InChI=1S/C24H30N2O3/c27-22-5-8-25(9-6-22)15-19-2-4-24-21(14-19)17-26(10-12-29-24)16-18-1-3-23-20(13-18)7-11-28-23/h1-4,13-14,22,27H,5-12,15-17H2. The maximum atomic E-state index is 9.73. The number of likely N-dealkylation sites (tertiary alicyclic amines) is 1. The monoisotopic (exact) mass is 394 g/mol. The third kappa shape index (κ3) is 4.42. The first-order valence-corrected chi connectivity index (χ1v) is 10.8. The van der Waals surface area contributed by atoms with Crippen LogP contribution in [0.3, 0.4) is 0 Å². The summed E-state index contributed by atoms with van der Waals surface area (Å²) in [6.45, 7) is 7.21. The molecule has 3 aliphatic heterocycles. The van der Waals surface area contributed by atoms with Crippen molar-refractivity contribution in [2.24, 2.45) is 0 Å². The summed E-state index contributed by atoms with van der Waals surface area (Å²) in [4.78, 5) is 4.92. The fraction of sp³-hybridized carbons (Fsp3) is 0.500. The van der Waals surface area contributed by atoms with Gasteiger partial charge in [0.25, 0.3) is 0 Å². The van der Waals surface area contributed by atoms with E-state index >= 15 is 0 Å². The van der Waals surface area contributed by atoms with Crippen molar-refractivity contribution in [2.75, 3.05) is 32.8 Å². The Morgan fingerprint density at radius 2 is 1.45 bits per heavy atom. The summed E-state index contributed by atoms with van der Waals surface area (Å²) in [7, 11) is 0. The Balaban J connectivity index is 1.27. The number of aliphatic hydroxyl groups excluding tert-OH is 1. The van der Waals surface area contributed by atoms with Crippen LogP contribution in [0.5, 0.6) is 11.5 Å². The number of fused-ring (bicyclic) bond motifs is 2. The van der Waals surface area contributed by atoms with Gasteiger partial charge in [-0.3, -0.25) is 9.80 Å². The second-order valence-electron chi connectivity index (χ2n) is 8.55. The molecular weight excluding hydrogens is 364 g/mol. The molecule has 3 heterocycles. The van der Waals surface area contributed by atoms with Gasteiger partial charge in [-0.05, 0) is 47.7 Å². The minimum absolute atomic E-state index is 0.119. The summed E-state index contributed by atoms with van der Waals surface area (Å²) >= 11 is 0. The van der Waals surface area contributed by atoms with E-state index in [0.29, 0.717) is 0 Å². The van der Waals surface area contributed by atoms with Crippen LogP contribution in [-0.4, -0.2) is 53.9 Å². The SMILES string of the molecule is OC1CCN(Cc2ccc3c(c2)CN(Cc2ccc4c(c2)CCO4)CCO3)CC1. The van der Waals surface area contributed by atoms with Crippen molar-refractivity contribution in [3.8, 4) is 11.5 Å². The second kappa shape index (κ2) is 8.34. The highest BCUT2D eigenvalue weighted by Gasteiger charge is 2.20. The van der Waals surface area contributed by atoms with Gasteiger partial charge >= 0.3 is 0 Å². The zero-order chi connectivity index (χ0) is 19.6. The number of piperidine rings is 1. The van der Waals surface area contributed by atoms with Gasteiger partial charge in [-0.25, -0.2) is 0 Å². The molecule has 154 valence electrons. The number of ether oxygens (including phenoxy) is 2. The molecule has 0 radical (unpaired) electrons. The maximum Gasteiger partial charge on any atom is 0.123 e. The molecule has 2 aromatic rings. The van der Waals surface area contributed by atoms with Gasteiger partial charge in [0, 0.05) is 51.3 Å². The van der Waals surface area contributed by atoms with Crippen molar-refractivity contribution < 1.29 is 14.6 Å². The van der Waals surface area contributed by atoms with E-state index < -0.39 is 0 Å². The summed E-state index contributed by atoms with van der Waals surface area (Å²) < 4.78 is 11.7. The topological polar surface area (TPSA) is 45.2 Å². The first-order valence-electron chi connectivity index (χ1n) is 10.8. The van der Waals surface area contributed by atoms with Crippen LogP contribution in [0.15, 0.2) is 36.4 Å². The van der Waals surface area contributed by atoms with Gasteiger partial charge in [0.2, 0.25) is 0 Å². The van der Waals surface area contributed by atoms with Crippen LogP contribution in [0.1, 0.15) is 35.1 Å². The minimum atomic E-state index is -0.119. The Bertz CT molecular complexity index is 861. The van der Waals surface area contributed by atoms with Gasteiger partial charge in [0.05, 0.1) is 12.7 Å². The quantitative estimate of drug-likeness (QED) is 0.864. The molecule has 0 bridgehead atoms. The van der Waals surface area contributed by atoms with E-state index in [1.54, 1.807) is 0 Å². The van der Waals surface area contributed by atoms with E-state index in [4.69, 9.17) is 9.47 Å². The number of nitrogens with zero attached hydrogens (tertiary/aromatic N) is 2. The van der Waals surface area contributed by atoms with Crippen molar-refractivity contribution in [3.63, 3.8) is 0 Å². The maximum absolute atomic E-state index is 9.73. The van der Waals surface area contributed by atoms with Gasteiger partial charge in [-0.2, -0.15) is 0 Å². The molecule has 0 spiro atoms. The molecule has 0 atom stereocenters. The van der Waals surface area contributed by atoms with Crippen molar-refractivity contribution in [1.82, 2.24) is 9.80 Å². The fourth-order valence-corrected chi connectivity index (χ4v) is 4.67. The van der Waals surface area contributed by atoms with Crippen LogP contribution in [0, 0.1) is 0 Å². The van der Waals surface area contributed by atoms with Gasteiger partial charge in [0.1, 0.15) is 18.1 Å². The third-order valence-corrected chi connectivity index (χ3v) is 6.31. The lowest BCUT2D eigenvalue weighted by Crippen LogP contribution is -2.35. The van der Waals surface area contributed by atoms with Crippen LogP contribution in [0.4, 0.5) is 0 Å². The number of hydrogen-bond donors (Lipinski definition) is 1. The Morgan fingerprint density at radius 3 is 2.24 bits per heavy atom. The van der Waals surface area contributed by atoms with E-state index in [2.05, 4.69) is 46.2 Å². The van der Waals surface area contributed by atoms with E-state index in [9.17, 15) is 5.11 Å². The van der Waals surface area contributed by atoms with Crippen molar-refractivity contribution in [1.29, 1.82) is 0 Å². The molecule has 2 aromatic carbocycles. The Hall–Kier alpha value is -2.08. The third-order valence-electron chi connectivity index (χ3n) is 6.31. The lowest BCUT2D eigenvalue weighted by atomic mass is 10.0. The summed E-state index contributed by atoms with van der Waals surface area (Å²) in [5.41, 5.74) is 5.30. The number of hydrogen-bond acceptors (Lipinski definition) is 5. The highest BCUT2D eigenvalue weighted by molar-refractivity contribution is 5.40. The van der Waals surface area contributed by atoms with Crippen molar-refractivity contribution in [3.05, 3.63) is 58.7 Å². The average Bonchev–Trinajstić information content (AvgIpc) is 3.10. The lowest BCUT2D eigenvalue weighted by molar-refractivity contribution is 0.0792. The summed E-state index contributed by atoms with van der Waals surface area (Å²) in [5, 5.41) is 9.73. The summed E-state index contributed by atoms with van der Waals surface area (Å²) in [6.07, 6.45) is 2.67. The first-order chi connectivity index (χ1) is 14.2. The van der Waals surface area contributed by atoms with Crippen LogP contribution in [0.25, 0.3) is 0 Å². The zero-order valence-electron chi connectivity index (χ0n) is 17.0. The highest BCUT2D eigenvalue weighted by atomic mass is 16.5. The Morgan fingerprint density at radius 1 is 0.793 bits per heavy atom. The second-order valence-corrected chi connectivity index (χ2v) is 8.55. The fourth-order valence-electron chi connectivity index (χ4n) is 4.67. The van der Waals surface area contributed by atoms with E-state index in [-0.39, 0.29) is 6.10 Å². The molecule has 3 aliphatic rings. The van der Waals surface area contributed by atoms with Gasteiger partial charge in [0.15, 0.2) is 0 Å². The molecule has 1 fully saturated rings. The number of benzene rings is 2. The predicted molar refractivity (Wildman–Crippen MR) is 112 cm³/mol. The van der Waals surface area contributed by atoms with Crippen LogP contribution >= 0.6 is 0 Å². The highest BCUT2D eigenvalue weighted by Crippen LogP contribution is 2.29. The first kappa shape index (κ1) is 18.9. The van der Waals surface area contributed by atoms with Crippen molar-refractivity contribution >= 4 is 0 Å². The molecule has 29 heavy (non-hydrogen) atoms.